The highest BCUT2D eigenvalue weighted by atomic mass is 19.4. The largest absolute Gasteiger partial charge is 0.415 e. The number of nitrogens with one attached hydrogen (secondary N) is 1. The summed E-state index contributed by atoms with van der Waals surface area (Å²) in [6, 6.07) is 0. The van der Waals surface area contributed by atoms with Crippen molar-refractivity contribution in [1.29, 1.82) is 0 Å². The molecule has 0 aromatic carbocycles. The molecule has 1 heterocycles. The van der Waals surface area contributed by atoms with Gasteiger partial charge in [-0.15, -0.1) is 0 Å². The van der Waals surface area contributed by atoms with E-state index in [0.29, 0.717) is 19.2 Å². The second-order valence-corrected chi connectivity index (χ2v) is 4.16. The van der Waals surface area contributed by atoms with E-state index in [2.05, 4.69) is 10.3 Å². The maximum absolute atomic E-state index is 12.4. The predicted octanol–water partition coefficient (Wildman–Crippen LogP) is 0.358. The van der Waals surface area contributed by atoms with Gasteiger partial charge in [-0.05, 0) is 6.92 Å². The first-order valence-electron chi connectivity index (χ1n) is 5.26. The van der Waals surface area contributed by atoms with Crippen molar-refractivity contribution >= 4 is 5.91 Å². The summed E-state index contributed by atoms with van der Waals surface area (Å²) in [7, 11) is 1.76. The van der Waals surface area contributed by atoms with Gasteiger partial charge in [-0.25, -0.2) is 4.98 Å². The molecular weight excluding hydrogens is 249 g/mol. The summed E-state index contributed by atoms with van der Waals surface area (Å²) in [5, 5.41) is 2.16. The quantitative estimate of drug-likeness (QED) is 0.824. The van der Waals surface area contributed by atoms with E-state index in [1.807, 2.05) is 0 Å². The van der Waals surface area contributed by atoms with Gasteiger partial charge in [-0.2, -0.15) is 13.2 Å². The third-order valence-corrected chi connectivity index (χ3v) is 2.62. The molecule has 0 radical (unpaired) electrons. The SMILES string of the molecule is Cn1ccnc1CCNC(=O)C(C)(N)C(F)(F)F. The summed E-state index contributed by atoms with van der Waals surface area (Å²) < 4.78 is 39.1. The Balaban J connectivity index is 2.50. The molecule has 5 nitrogen and oxygen atoms in total. The minimum absolute atomic E-state index is 0.0482. The monoisotopic (exact) mass is 264 g/mol. The van der Waals surface area contributed by atoms with Gasteiger partial charge in [0.25, 0.3) is 0 Å². The summed E-state index contributed by atoms with van der Waals surface area (Å²) in [6.45, 7) is 0.690. The average Bonchev–Trinajstić information content (AvgIpc) is 2.62. The Labute approximate surface area is 102 Å². The van der Waals surface area contributed by atoms with Crippen molar-refractivity contribution in [3.8, 4) is 0 Å². The van der Waals surface area contributed by atoms with Crippen molar-refractivity contribution in [3.63, 3.8) is 0 Å². The number of hydrogen-bond donors (Lipinski definition) is 2. The van der Waals surface area contributed by atoms with E-state index in [1.165, 1.54) is 0 Å². The fourth-order valence-electron chi connectivity index (χ4n) is 1.24. The smallest absolute Gasteiger partial charge is 0.354 e. The first-order chi connectivity index (χ1) is 8.16. The standard InChI is InChI=1S/C10H15F3N4O/c1-9(14,10(11,12)13)8(18)16-4-3-7-15-5-6-17(7)2/h5-6H,3-4,14H2,1-2H3,(H,16,18). The molecule has 1 amide bonds. The van der Waals surface area contributed by atoms with E-state index in [4.69, 9.17) is 5.73 Å². The Bertz CT molecular complexity index is 425. The molecule has 8 heteroatoms. The van der Waals surface area contributed by atoms with Gasteiger partial charge in [-0.1, -0.05) is 0 Å². The number of imidazole rings is 1. The molecule has 0 aliphatic heterocycles. The molecule has 1 aromatic rings. The second kappa shape index (κ2) is 4.97. The molecule has 1 atom stereocenters. The van der Waals surface area contributed by atoms with E-state index in [9.17, 15) is 18.0 Å². The molecule has 3 N–H and O–H groups in total. The molecule has 0 saturated heterocycles. The van der Waals surface area contributed by atoms with Gasteiger partial charge in [0.15, 0.2) is 5.54 Å². The van der Waals surface area contributed by atoms with Crippen molar-refractivity contribution < 1.29 is 18.0 Å². The minimum atomic E-state index is -4.78. The van der Waals surface area contributed by atoms with Crippen LogP contribution in [0.25, 0.3) is 0 Å². The van der Waals surface area contributed by atoms with Gasteiger partial charge in [0.2, 0.25) is 5.91 Å². The average molecular weight is 264 g/mol. The van der Waals surface area contributed by atoms with E-state index in [1.54, 1.807) is 24.0 Å². The zero-order chi connectivity index (χ0) is 14.0. The molecule has 0 aliphatic carbocycles. The van der Waals surface area contributed by atoms with Gasteiger partial charge in [0.05, 0.1) is 0 Å². The molecule has 1 rings (SSSR count). The minimum Gasteiger partial charge on any atom is -0.354 e. The van der Waals surface area contributed by atoms with Crippen LogP contribution in [0.2, 0.25) is 0 Å². The summed E-state index contributed by atoms with van der Waals surface area (Å²) in [5.41, 5.74) is 2.09. The van der Waals surface area contributed by atoms with Crippen LogP contribution >= 0.6 is 0 Å². The van der Waals surface area contributed by atoms with Gasteiger partial charge >= 0.3 is 6.18 Å². The number of nitrogens with two attached hydrogens (primary N) is 1. The summed E-state index contributed by atoms with van der Waals surface area (Å²) >= 11 is 0. The third kappa shape index (κ3) is 3.00. The lowest BCUT2D eigenvalue weighted by molar-refractivity contribution is -0.187. The highest BCUT2D eigenvalue weighted by molar-refractivity contribution is 5.86. The van der Waals surface area contributed by atoms with Crippen LogP contribution in [-0.4, -0.2) is 33.7 Å². The summed E-state index contributed by atoms with van der Waals surface area (Å²) in [5.74, 6) is -0.578. The van der Waals surface area contributed by atoms with Gasteiger partial charge < -0.3 is 15.6 Å². The zero-order valence-corrected chi connectivity index (χ0v) is 10.1. The van der Waals surface area contributed by atoms with Crippen LogP contribution < -0.4 is 11.1 Å². The number of aryl methyl sites for hydroxylation is 1. The fourth-order valence-corrected chi connectivity index (χ4v) is 1.24. The molecule has 102 valence electrons. The highest BCUT2D eigenvalue weighted by Crippen LogP contribution is 2.27. The van der Waals surface area contributed by atoms with Crippen molar-refractivity contribution in [3.05, 3.63) is 18.2 Å². The van der Waals surface area contributed by atoms with Gasteiger partial charge in [-0.3, -0.25) is 4.79 Å². The highest BCUT2D eigenvalue weighted by Gasteiger charge is 2.53. The Hall–Kier alpha value is -1.57. The number of carbonyl (C=O) groups excluding carboxylic acids is 1. The van der Waals surface area contributed by atoms with E-state index >= 15 is 0 Å². The third-order valence-electron chi connectivity index (χ3n) is 2.62. The number of rotatable bonds is 4. The lowest BCUT2D eigenvalue weighted by Gasteiger charge is -2.26. The van der Waals surface area contributed by atoms with Crippen LogP contribution in [0, 0.1) is 0 Å². The molecular formula is C10H15F3N4O. The zero-order valence-electron chi connectivity index (χ0n) is 10.1. The number of nitrogens with zero attached hydrogens (tertiary/aromatic N) is 2. The van der Waals surface area contributed by atoms with Crippen LogP contribution in [0.4, 0.5) is 13.2 Å². The molecule has 0 saturated carbocycles. The molecule has 0 spiro atoms. The molecule has 1 unspecified atom stereocenters. The van der Waals surface area contributed by atoms with Crippen LogP contribution in [-0.2, 0) is 18.3 Å². The van der Waals surface area contributed by atoms with Crippen LogP contribution in [0.15, 0.2) is 12.4 Å². The summed E-state index contributed by atoms with van der Waals surface area (Å²) in [6.07, 6.45) is -1.16. The molecule has 1 aromatic heterocycles. The van der Waals surface area contributed by atoms with Crippen molar-refractivity contribution in [2.24, 2.45) is 12.8 Å². The van der Waals surface area contributed by atoms with Crippen LogP contribution in [0.1, 0.15) is 12.7 Å². The normalized spacial score (nSPS) is 15.2. The van der Waals surface area contributed by atoms with Crippen molar-refractivity contribution in [2.75, 3.05) is 6.54 Å². The second-order valence-electron chi connectivity index (χ2n) is 4.16. The molecule has 0 fully saturated rings. The van der Waals surface area contributed by atoms with Crippen molar-refractivity contribution in [1.82, 2.24) is 14.9 Å². The molecule has 18 heavy (non-hydrogen) atoms. The number of halogens is 3. The number of aromatic nitrogens is 2. The van der Waals surface area contributed by atoms with Crippen LogP contribution in [0.5, 0.6) is 0 Å². The lowest BCUT2D eigenvalue weighted by Crippen LogP contribution is -2.61. The topological polar surface area (TPSA) is 72.9 Å². The lowest BCUT2D eigenvalue weighted by atomic mass is 10.0. The molecule has 0 bridgehead atoms. The van der Waals surface area contributed by atoms with E-state index in [-0.39, 0.29) is 6.54 Å². The Morgan fingerprint density at radius 2 is 2.17 bits per heavy atom. The first-order valence-corrected chi connectivity index (χ1v) is 5.26. The van der Waals surface area contributed by atoms with E-state index in [0.717, 1.165) is 0 Å². The maximum atomic E-state index is 12.4. The number of hydrogen-bond acceptors (Lipinski definition) is 3. The molecule has 0 aliphatic rings. The van der Waals surface area contributed by atoms with Crippen LogP contribution in [0.3, 0.4) is 0 Å². The van der Waals surface area contributed by atoms with Gasteiger partial charge in [0, 0.05) is 32.4 Å². The number of amides is 1. The Morgan fingerprint density at radius 1 is 1.56 bits per heavy atom. The number of alkyl halides is 3. The Morgan fingerprint density at radius 3 is 2.61 bits per heavy atom. The predicted molar refractivity (Wildman–Crippen MR) is 58.6 cm³/mol. The first kappa shape index (κ1) is 14.5. The maximum Gasteiger partial charge on any atom is 0.415 e. The fraction of sp³-hybridized carbons (Fsp3) is 0.600. The van der Waals surface area contributed by atoms with Gasteiger partial charge in [0.1, 0.15) is 5.82 Å². The number of carbonyl (C=O) groups is 1. The summed E-state index contributed by atoms with van der Waals surface area (Å²) in [4.78, 5) is 15.3. The Kier molecular flexibility index (Phi) is 4.00. The van der Waals surface area contributed by atoms with Crippen molar-refractivity contribution in [2.45, 2.75) is 25.1 Å². The van der Waals surface area contributed by atoms with E-state index < -0.39 is 17.6 Å².